The van der Waals surface area contributed by atoms with Crippen molar-refractivity contribution in [2.75, 3.05) is 0 Å². The average Bonchev–Trinajstić information content (AvgIpc) is 2.92. The number of rotatable bonds is 4. The van der Waals surface area contributed by atoms with Gasteiger partial charge >= 0.3 is 0 Å². The summed E-state index contributed by atoms with van der Waals surface area (Å²) in [7, 11) is 0. The van der Waals surface area contributed by atoms with Crippen LogP contribution in [0, 0.1) is 0 Å². The first-order chi connectivity index (χ1) is 9.09. The highest BCUT2D eigenvalue weighted by Crippen LogP contribution is 2.20. The van der Waals surface area contributed by atoms with Crippen molar-refractivity contribution in [3.63, 3.8) is 0 Å². The number of aromatic nitrogens is 2. The van der Waals surface area contributed by atoms with Gasteiger partial charge in [-0.2, -0.15) is 5.10 Å². The van der Waals surface area contributed by atoms with Crippen molar-refractivity contribution in [2.45, 2.75) is 25.9 Å². The lowest BCUT2D eigenvalue weighted by molar-refractivity contribution is -0.122. The van der Waals surface area contributed by atoms with Crippen LogP contribution in [-0.4, -0.2) is 21.7 Å². The monoisotopic (exact) mass is 258 g/mol. The molecule has 1 unspecified atom stereocenters. The number of hydrogen-bond acceptors (Lipinski definition) is 3. The summed E-state index contributed by atoms with van der Waals surface area (Å²) in [6.07, 6.45) is 3.60. The number of amides is 1. The zero-order chi connectivity index (χ0) is 13.8. The van der Waals surface area contributed by atoms with Gasteiger partial charge < -0.3 is 11.1 Å². The number of nitrogens with one attached hydrogen (secondary N) is 1. The van der Waals surface area contributed by atoms with E-state index in [2.05, 4.69) is 10.4 Å². The molecule has 0 aliphatic carbocycles. The molecule has 2 atom stereocenters. The molecular formula is C14H18N4O. The van der Waals surface area contributed by atoms with Crippen LogP contribution in [0.3, 0.4) is 0 Å². The first-order valence-corrected chi connectivity index (χ1v) is 6.24. The topological polar surface area (TPSA) is 72.9 Å². The van der Waals surface area contributed by atoms with Crippen LogP contribution in [0.2, 0.25) is 0 Å². The predicted octanol–water partition coefficient (Wildman–Crippen LogP) is 1.40. The highest BCUT2D eigenvalue weighted by atomic mass is 16.2. The van der Waals surface area contributed by atoms with Gasteiger partial charge in [0.15, 0.2) is 0 Å². The molecule has 2 aromatic rings. The second kappa shape index (κ2) is 5.67. The fraction of sp³-hybridized carbons (Fsp3) is 0.286. The van der Waals surface area contributed by atoms with Crippen molar-refractivity contribution in [1.29, 1.82) is 0 Å². The van der Waals surface area contributed by atoms with Crippen LogP contribution in [-0.2, 0) is 4.79 Å². The van der Waals surface area contributed by atoms with E-state index in [1.165, 1.54) is 0 Å². The number of carbonyl (C=O) groups is 1. The van der Waals surface area contributed by atoms with Gasteiger partial charge in [0.2, 0.25) is 5.91 Å². The molecule has 2 rings (SSSR count). The molecule has 1 heterocycles. The van der Waals surface area contributed by atoms with Gasteiger partial charge in [-0.1, -0.05) is 18.2 Å². The van der Waals surface area contributed by atoms with Crippen molar-refractivity contribution in [1.82, 2.24) is 15.1 Å². The molecule has 0 saturated heterocycles. The molecule has 3 N–H and O–H groups in total. The van der Waals surface area contributed by atoms with E-state index in [-0.39, 0.29) is 11.9 Å². The lowest BCUT2D eigenvalue weighted by Crippen LogP contribution is -2.39. The number of benzene rings is 1. The van der Waals surface area contributed by atoms with Crippen molar-refractivity contribution in [2.24, 2.45) is 5.73 Å². The smallest absolute Gasteiger partial charge is 0.237 e. The number of hydrogen-bond donors (Lipinski definition) is 2. The molecule has 0 radical (unpaired) electrons. The Morgan fingerprint density at radius 2 is 2.05 bits per heavy atom. The summed E-state index contributed by atoms with van der Waals surface area (Å²) in [5.41, 5.74) is 7.51. The second-order valence-corrected chi connectivity index (χ2v) is 4.53. The minimum Gasteiger partial charge on any atom is -0.348 e. The van der Waals surface area contributed by atoms with Crippen LogP contribution >= 0.6 is 0 Å². The van der Waals surface area contributed by atoms with E-state index in [4.69, 9.17) is 5.73 Å². The Kier molecular flexibility index (Phi) is 3.97. The second-order valence-electron chi connectivity index (χ2n) is 4.53. The Labute approximate surface area is 112 Å². The minimum absolute atomic E-state index is 0.126. The molecule has 5 nitrogen and oxygen atoms in total. The third-order valence-corrected chi connectivity index (χ3v) is 2.93. The SMILES string of the molecule is CC(NC(=O)[C@@H](C)N)c1ccccc1-n1cccn1. The first-order valence-electron chi connectivity index (χ1n) is 6.24. The highest BCUT2D eigenvalue weighted by Gasteiger charge is 2.15. The van der Waals surface area contributed by atoms with E-state index in [1.54, 1.807) is 17.8 Å². The number of nitrogens with two attached hydrogens (primary N) is 1. The molecule has 0 aliphatic rings. The zero-order valence-corrected chi connectivity index (χ0v) is 11.1. The Morgan fingerprint density at radius 1 is 1.32 bits per heavy atom. The molecule has 0 bridgehead atoms. The summed E-state index contributed by atoms with van der Waals surface area (Å²) in [5.74, 6) is -0.164. The van der Waals surface area contributed by atoms with E-state index in [1.807, 2.05) is 43.5 Å². The molecule has 1 amide bonds. The van der Waals surface area contributed by atoms with E-state index >= 15 is 0 Å². The normalized spacial score (nSPS) is 13.8. The maximum Gasteiger partial charge on any atom is 0.237 e. The van der Waals surface area contributed by atoms with Crippen LogP contribution < -0.4 is 11.1 Å². The van der Waals surface area contributed by atoms with Crippen LogP contribution in [0.15, 0.2) is 42.7 Å². The number of nitrogens with zero attached hydrogens (tertiary/aromatic N) is 2. The van der Waals surface area contributed by atoms with Crippen molar-refractivity contribution in [3.8, 4) is 5.69 Å². The Bertz CT molecular complexity index is 548. The summed E-state index contributed by atoms with van der Waals surface area (Å²) >= 11 is 0. The summed E-state index contributed by atoms with van der Waals surface area (Å²) in [4.78, 5) is 11.7. The minimum atomic E-state index is -0.515. The number of para-hydroxylation sites is 1. The first kappa shape index (κ1) is 13.3. The van der Waals surface area contributed by atoms with Gasteiger partial charge in [-0.3, -0.25) is 4.79 Å². The fourth-order valence-electron chi connectivity index (χ4n) is 1.90. The Hall–Kier alpha value is -2.14. The number of carbonyl (C=O) groups excluding carboxylic acids is 1. The van der Waals surface area contributed by atoms with Crippen LogP contribution in [0.4, 0.5) is 0 Å². The fourth-order valence-corrected chi connectivity index (χ4v) is 1.90. The molecule has 19 heavy (non-hydrogen) atoms. The average molecular weight is 258 g/mol. The maximum absolute atomic E-state index is 11.7. The molecule has 1 aromatic heterocycles. The van der Waals surface area contributed by atoms with Crippen molar-refractivity contribution in [3.05, 3.63) is 48.3 Å². The maximum atomic E-state index is 11.7. The quantitative estimate of drug-likeness (QED) is 0.870. The van der Waals surface area contributed by atoms with Crippen molar-refractivity contribution >= 4 is 5.91 Å². The lowest BCUT2D eigenvalue weighted by atomic mass is 10.1. The van der Waals surface area contributed by atoms with Crippen LogP contribution in [0.25, 0.3) is 5.69 Å². The summed E-state index contributed by atoms with van der Waals surface area (Å²) in [6, 6.07) is 9.05. The van der Waals surface area contributed by atoms with Crippen LogP contribution in [0.5, 0.6) is 0 Å². The predicted molar refractivity (Wildman–Crippen MR) is 73.8 cm³/mol. The van der Waals surface area contributed by atoms with E-state index < -0.39 is 6.04 Å². The zero-order valence-electron chi connectivity index (χ0n) is 11.1. The third kappa shape index (κ3) is 3.00. The molecule has 0 aliphatic heterocycles. The lowest BCUT2D eigenvalue weighted by Gasteiger charge is -2.19. The molecule has 100 valence electrons. The molecule has 0 fully saturated rings. The largest absolute Gasteiger partial charge is 0.348 e. The van der Waals surface area contributed by atoms with E-state index in [0.29, 0.717) is 0 Å². The summed E-state index contributed by atoms with van der Waals surface area (Å²) in [5, 5.41) is 7.12. The van der Waals surface area contributed by atoms with Gasteiger partial charge in [0.05, 0.1) is 17.8 Å². The summed E-state index contributed by atoms with van der Waals surface area (Å²) in [6.45, 7) is 3.60. The summed E-state index contributed by atoms with van der Waals surface area (Å²) < 4.78 is 1.78. The van der Waals surface area contributed by atoms with Gasteiger partial charge in [0.1, 0.15) is 0 Å². The van der Waals surface area contributed by atoms with Gasteiger partial charge in [-0.25, -0.2) is 4.68 Å². The van der Waals surface area contributed by atoms with Gasteiger partial charge in [0, 0.05) is 12.4 Å². The molecule has 0 spiro atoms. The van der Waals surface area contributed by atoms with E-state index in [0.717, 1.165) is 11.3 Å². The van der Waals surface area contributed by atoms with Crippen LogP contribution in [0.1, 0.15) is 25.5 Å². The van der Waals surface area contributed by atoms with Gasteiger partial charge in [0.25, 0.3) is 0 Å². The molecular weight excluding hydrogens is 240 g/mol. The third-order valence-electron chi connectivity index (χ3n) is 2.93. The standard InChI is InChI=1S/C14H18N4O/c1-10(15)14(19)17-11(2)12-6-3-4-7-13(12)18-9-5-8-16-18/h3-11H,15H2,1-2H3,(H,17,19)/t10-,11?/m1/s1. The van der Waals surface area contributed by atoms with Gasteiger partial charge in [-0.05, 0) is 31.5 Å². The van der Waals surface area contributed by atoms with Crippen molar-refractivity contribution < 1.29 is 4.79 Å². The Morgan fingerprint density at radius 3 is 2.68 bits per heavy atom. The highest BCUT2D eigenvalue weighted by molar-refractivity contribution is 5.81. The molecule has 1 aromatic carbocycles. The Balaban J connectivity index is 2.27. The molecule has 5 heteroatoms. The van der Waals surface area contributed by atoms with E-state index in [9.17, 15) is 4.79 Å². The molecule has 0 saturated carbocycles. The van der Waals surface area contributed by atoms with Gasteiger partial charge in [-0.15, -0.1) is 0 Å².